The van der Waals surface area contributed by atoms with Crippen LogP contribution in [0.25, 0.3) is 107 Å². The lowest BCUT2D eigenvalue weighted by Gasteiger charge is -2.13. The third-order valence-electron chi connectivity index (χ3n) is 10.4. The van der Waals surface area contributed by atoms with Crippen molar-refractivity contribution in [2.45, 2.75) is 0 Å². The minimum Gasteiger partial charge on any atom is -0.278 e. The van der Waals surface area contributed by atoms with Crippen LogP contribution in [0.5, 0.6) is 0 Å². The van der Waals surface area contributed by atoms with E-state index in [-0.39, 0.29) is 0 Å². The molecule has 0 saturated carbocycles. The van der Waals surface area contributed by atoms with Crippen molar-refractivity contribution >= 4 is 32.6 Å². The molecule has 0 unspecified atom stereocenters. The van der Waals surface area contributed by atoms with Gasteiger partial charge in [0.1, 0.15) is 11.4 Å². The van der Waals surface area contributed by atoms with Gasteiger partial charge in [-0.2, -0.15) is 0 Å². The van der Waals surface area contributed by atoms with Crippen molar-refractivity contribution in [3.8, 4) is 74.0 Å². The van der Waals surface area contributed by atoms with Crippen molar-refractivity contribution in [3.05, 3.63) is 188 Å². The summed E-state index contributed by atoms with van der Waals surface area (Å²) in [6.07, 6.45) is 0. The molecule has 11 rings (SSSR count). The number of benzene rings is 7. The molecule has 0 aliphatic heterocycles. The molecule has 4 heterocycles. The van der Waals surface area contributed by atoms with Crippen LogP contribution in [0.4, 0.5) is 0 Å². The fraction of sp³-hybridized carbons (Fsp3) is 0. The van der Waals surface area contributed by atoms with Gasteiger partial charge in [0.25, 0.3) is 0 Å². The van der Waals surface area contributed by atoms with Crippen molar-refractivity contribution in [2.75, 3.05) is 0 Å². The van der Waals surface area contributed by atoms with Crippen LogP contribution in [0.15, 0.2) is 188 Å². The van der Waals surface area contributed by atoms with Gasteiger partial charge in [-0.15, -0.1) is 0 Å². The quantitative estimate of drug-likeness (QED) is 0.152. The molecule has 0 bridgehead atoms. The van der Waals surface area contributed by atoms with E-state index >= 15 is 0 Å². The van der Waals surface area contributed by atoms with Crippen LogP contribution >= 0.6 is 0 Å². The molecule has 11 aromatic rings. The molecule has 0 fully saturated rings. The van der Waals surface area contributed by atoms with E-state index in [1.165, 1.54) is 10.8 Å². The van der Waals surface area contributed by atoms with Crippen LogP contribution in [-0.4, -0.2) is 34.5 Å². The van der Waals surface area contributed by atoms with Gasteiger partial charge in [0.15, 0.2) is 11.6 Å². The Kier molecular flexibility index (Phi) is 7.67. The third kappa shape index (κ3) is 5.77. The van der Waals surface area contributed by atoms with Crippen LogP contribution in [-0.2, 0) is 0 Å². The van der Waals surface area contributed by atoms with E-state index < -0.39 is 0 Å². The molecule has 4 aromatic heterocycles. The number of nitrogens with zero attached hydrogens (tertiary/aromatic N) is 7. The van der Waals surface area contributed by atoms with Crippen LogP contribution < -0.4 is 0 Å². The van der Waals surface area contributed by atoms with E-state index in [9.17, 15) is 0 Å². The first-order valence-corrected chi connectivity index (χ1v) is 18.9. The summed E-state index contributed by atoms with van der Waals surface area (Å²) in [5.74, 6) is 1.41. The van der Waals surface area contributed by atoms with E-state index in [1.807, 2.05) is 91.0 Å². The standard InChI is InChI=1S/C50H31N7/c1-5-15-32(16-6-1)38-29-39(33-17-7-2-8-18-33)52-48(51-38)42-31-43(49-53-40(34-19-9-3-10-20-34)30-41(54-49)35-21-11-4-12-22-35)56-50(55-42)57-44-25-13-23-36-27-28-37-24-14-26-45(57)47(37)46(36)44/h1-31H. The topological polar surface area (TPSA) is 82.3 Å². The first-order chi connectivity index (χ1) is 28.2. The van der Waals surface area contributed by atoms with Crippen molar-refractivity contribution in [1.82, 2.24) is 34.5 Å². The molecule has 266 valence electrons. The van der Waals surface area contributed by atoms with E-state index in [0.29, 0.717) is 29.0 Å². The second-order valence-electron chi connectivity index (χ2n) is 14.0. The summed E-state index contributed by atoms with van der Waals surface area (Å²) in [4.78, 5) is 31.4. The number of hydrogen-bond acceptors (Lipinski definition) is 6. The summed E-state index contributed by atoms with van der Waals surface area (Å²) in [5, 5.41) is 4.65. The molecule has 57 heavy (non-hydrogen) atoms. The Hall–Kier alpha value is -7.90. The first kappa shape index (κ1) is 32.5. The monoisotopic (exact) mass is 729 g/mol. The van der Waals surface area contributed by atoms with Crippen molar-refractivity contribution in [3.63, 3.8) is 0 Å². The summed E-state index contributed by atoms with van der Waals surface area (Å²) < 4.78 is 2.15. The van der Waals surface area contributed by atoms with Crippen LogP contribution in [0.2, 0.25) is 0 Å². The summed E-state index contributed by atoms with van der Waals surface area (Å²) in [6.45, 7) is 0. The lowest BCUT2D eigenvalue weighted by molar-refractivity contribution is 0.977. The minimum absolute atomic E-state index is 0.468. The molecule has 0 aliphatic carbocycles. The van der Waals surface area contributed by atoms with Crippen LogP contribution in [0.3, 0.4) is 0 Å². The number of aromatic nitrogens is 7. The predicted octanol–water partition coefficient (Wildman–Crippen LogP) is 11.7. The summed E-state index contributed by atoms with van der Waals surface area (Å²) >= 11 is 0. The Morgan fingerprint density at radius 3 is 0.965 bits per heavy atom. The van der Waals surface area contributed by atoms with Crippen molar-refractivity contribution in [2.24, 2.45) is 0 Å². The second kappa shape index (κ2) is 13.4. The van der Waals surface area contributed by atoms with E-state index in [4.69, 9.17) is 29.9 Å². The largest absolute Gasteiger partial charge is 0.278 e. The Morgan fingerprint density at radius 2 is 0.614 bits per heavy atom. The third-order valence-corrected chi connectivity index (χ3v) is 10.4. The zero-order valence-corrected chi connectivity index (χ0v) is 30.5. The van der Waals surface area contributed by atoms with Gasteiger partial charge in [-0.3, -0.25) is 4.57 Å². The van der Waals surface area contributed by atoms with E-state index in [2.05, 4.69) is 102 Å². The molecule has 0 spiro atoms. The van der Waals surface area contributed by atoms with E-state index in [1.54, 1.807) is 0 Å². The molecule has 0 aliphatic rings. The average molecular weight is 730 g/mol. The van der Waals surface area contributed by atoms with Crippen LogP contribution in [0, 0.1) is 0 Å². The smallest absolute Gasteiger partial charge is 0.236 e. The molecule has 0 N–H and O–H groups in total. The Morgan fingerprint density at radius 1 is 0.281 bits per heavy atom. The minimum atomic E-state index is 0.468. The lowest BCUT2D eigenvalue weighted by atomic mass is 10.0. The normalized spacial score (nSPS) is 11.5. The Balaban J connectivity index is 1.21. The lowest BCUT2D eigenvalue weighted by Crippen LogP contribution is -2.07. The summed E-state index contributed by atoms with van der Waals surface area (Å²) in [5.41, 5.74) is 10.2. The molecule has 7 heteroatoms. The SMILES string of the molecule is c1ccc(-c2cc(-c3ccccc3)nc(-c3cc(-c4nc(-c5ccccc5)cc(-c5ccccc5)n4)nc(-n4c5cccc6ccc7cccc4c7c65)n3)n2)cc1. The maximum absolute atomic E-state index is 5.33. The number of rotatable bonds is 7. The van der Waals surface area contributed by atoms with Crippen LogP contribution in [0.1, 0.15) is 0 Å². The zero-order valence-electron chi connectivity index (χ0n) is 30.5. The molecular formula is C50H31N7. The van der Waals surface area contributed by atoms with Gasteiger partial charge >= 0.3 is 0 Å². The van der Waals surface area contributed by atoms with Gasteiger partial charge in [-0.05, 0) is 41.1 Å². The van der Waals surface area contributed by atoms with Gasteiger partial charge in [0.2, 0.25) is 5.95 Å². The fourth-order valence-corrected chi connectivity index (χ4v) is 7.75. The Labute approximate surface area is 328 Å². The molecule has 0 amide bonds. The van der Waals surface area contributed by atoms with Crippen molar-refractivity contribution < 1.29 is 0 Å². The molecule has 0 saturated heterocycles. The Bertz CT molecular complexity index is 2890. The highest BCUT2D eigenvalue weighted by Gasteiger charge is 2.22. The van der Waals surface area contributed by atoms with Crippen molar-refractivity contribution in [1.29, 1.82) is 0 Å². The van der Waals surface area contributed by atoms with Gasteiger partial charge in [0, 0.05) is 33.0 Å². The molecule has 7 nitrogen and oxygen atoms in total. The molecule has 0 atom stereocenters. The summed E-state index contributed by atoms with van der Waals surface area (Å²) in [7, 11) is 0. The van der Waals surface area contributed by atoms with Gasteiger partial charge in [-0.1, -0.05) is 158 Å². The second-order valence-corrected chi connectivity index (χ2v) is 14.0. The van der Waals surface area contributed by atoms with Gasteiger partial charge < -0.3 is 0 Å². The highest BCUT2D eigenvalue weighted by molar-refractivity contribution is 6.24. The zero-order chi connectivity index (χ0) is 37.7. The fourth-order valence-electron chi connectivity index (χ4n) is 7.75. The highest BCUT2D eigenvalue weighted by Crippen LogP contribution is 2.39. The van der Waals surface area contributed by atoms with Gasteiger partial charge in [0.05, 0.1) is 33.8 Å². The average Bonchev–Trinajstić information content (AvgIpc) is 3.65. The van der Waals surface area contributed by atoms with E-state index in [0.717, 1.165) is 66.8 Å². The maximum atomic E-state index is 5.33. The highest BCUT2D eigenvalue weighted by atomic mass is 15.2. The number of hydrogen-bond donors (Lipinski definition) is 0. The molecule has 7 aromatic carbocycles. The van der Waals surface area contributed by atoms with Gasteiger partial charge in [-0.25, -0.2) is 29.9 Å². The first-order valence-electron chi connectivity index (χ1n) is 18.9. The molecule has 0 radical (unpaired) electrons. The predicted molar refractivity (Wildman–Crippen MR) is 229 cm³/mol. The molecular weight excluding hydrogens is 699 g/mol. The maximum Gasteiger partial charge on any atom is 0.236 e. The summed E-state index contributed by atoms with van der Waals surface area (Å²) in [6, 6.07) is 63.8.